The van der Waals surface area contributed by atoms with Crippen LogP contribution in [0.3, 0.4) is 0 Å². The van der Waals surface area contributed by atoms with E-state index in [1.54, 1.807) is 5.32 Å². The summed E-state index contributed by atoms with van der Waals surface area (Å²) in [6.45, 7) is 0.466. The molecule has 0 aliphatic rings. The monoisotopic (exact) mass is 244 g/mol. The van der Waals surface area contributed by atoms with Crippen LogP contribution in [0.15, 0.2) is 0 Å². The fraction of sp³-hybridized carbons (Fsp3) is 0.889. The third kappa shape index (κ3) is 4.78. The van der Waals surface area contributed by atoms with Crippen LogP contribution < -0.4 is 11.1 Å². The topological polar surface area (TPSA) is 55.1 Å². The van der Waals surface area contributed by atoms with Crippen molar-refractivity contribution in [1.29, 1.82) is 0 Å². The van der Waals surface area contributed by atoms with Gasteiger partial charge in [-0.3, -0.25) is 4.79 Å². The second-order valence-corrected chi connectivity index (χ2v) is 3.50. The zero-order valence-corrected chi connectivity index (χ0v) is 8.98. The number of alkyl halides is 4. The minimum atomic E-state index is -4.19. The van der Waals surface area contributed by atoms with Crippen LogP contribution in [-0.2, 0) is 4.79 Å². The van der Waals surface area contributed by atoms with E-state index in [9.17, 15) is 22.4 Å². The zero-order valence-electron chi connectivity index (χ0n) is 8.98. The van der Waals surface area contributed by atoms with Gasteiger partial charge in [0.15, 0.2) is 0 Å². The molecule has 16 heavy (non-hydrogen) atoms. The minimum absolute atomic E-state index is 0.0138. The van der Waals surface area contributed by atoms with Crippen molar-refractivity contribution in [3.63, 3.8) is 0 Å². The zero-order chi connectivity index (χ0) is 12.8. The van der Waals surface area contributed by atoms with Crippen LogP contribution in [0.1, 0.15) is 19.8 Å². The first kappa shape index (κ1) is 15.2. The van der Waals surface area contributed by atoms with E-state index in [4.69, 9.17) is 5.73 Å². The maximum atomic E-state index is 12.5. The molecule has 0 aromatic rings. The SMILES string of the molecule is CCCC(CN)C(=O)NCC(F)(F)C(F)F. The third-order valence-corrected chi connectivity index (χ3v) is 2.11. The van der Waals surface area contributed by atoms with E-state index < -0.39 is 30.7 Å². The van der Waals surface area contributed by atoms with Crippen molar-refractivity contribution in [2.45, 2.75) is 32.1 Å². The summed E-state index contributed by atoms with van der Waals surface area (Å²) in [6, 6.07) is 0. The number of nitrogens with two attached hydrogens (primary N) is 1. The van der Waals surface area contributed by atoms with E-state index in [1.165, 1.54) is 0 Å². The molecular weight excluding hydrogens is 228 g/mol. The van der Waals surface area contributed by atoms with Crippen molar-refractivity contribution < 1.29 is 22.4 Å². The van der Waals surface area contributed by atoms with Gasteiger partial charge in [0.25, 0.3) is 0 Å². The normalized spacial score (nSPS) is 13.9. The summed E-state index contributed by atoms with van der Waals surface area (Å²) in [7, 11) is 0. The first-order valence-electron chi connectivity index (χ1n) is 4.98. The molecule has 3 nitrogen and oxygen atoms in total. The molecule has 0 aliphatic heterocycles. The quantitative estimate of drug-likeness (QED) is 0.665. The van der Waals surface area contributed by atoms with Crippen molar-refractivity contribution in [1.82, 2.24) is 5.32 Å². The van der Waals surface area contributed by atoms with Crippen LogP contribution in [0.4, 0.5) is 17.6 Å². The number of carbonyl (C=O) groups is 1. The number of amides is 1. The summed E-state index contributed by atoms with van der Waals surface area (Å²) in [5, 5.41) is 1.79. The van der Waals surface area contributed by atoms with Crippen molar-refractivity contribution in [3.05, 3.63) is 0 Å². The maximum Gasteiger partial charge on any atom is 0.324 e. The molecule has 0 heterocycles. The Morgan fingerprint density at radius 2 is 2.00 bits per heavy atom. The van der Waals surface area contributed by atoms with E-state index in [0.29, 0.717) is 12.8 Å². The lowest BCUT2D eigenvalue weighted by Crippen LogP contribution is -2.44. The predicted molar refractivity (Wildman–Crippen MR) is 51.4 cm³/mol. The van der Waals surface area contributed by atoms with Crippen molar-refractivity contribution in [3.8, 4) is 0 Å². The highest BCUT2D eigenvalue weighted by Gasteiger charge is 2.41. The molecular formula is C9H16F4N2O. The first-order valence-corrected chi connectivity index (χ1v) is 4.98. The Balaban J connectivity index is 4.14. The van der Waals surface area contributed by atoms with Crippen LogP contribution >= 0.6 is 0 Å². The summed E-state index contributed by atoms with van der Waals surface area (Å²) in [4.78, 5) is 11.3. The Bertz CT molecular complexity index is 224. The molecule has 0 fully saturated rings. The molecule has 0 bridgehead atoms. The fourth-order valence-corrected chi connectivity index (χ4v) is 1.13. The Kier molecular flexibility index (Phi) is 6.32. The Hall–Kier alpha value is -0.850. The predicted octanol–water partition coefficient (Wildman–Crippen LogP) is 1.38. The summed E-state index contributed by atoms with van der Waals surface area (Å²) < 4.78 is 48.5. The van der Waals surface area contributed by atoms with E-state index in [0.717, 1.165) is 0 Å². The number of hydrogen-bond donors (Lipinski definition) is 2. The summed E-state index contributed by atoms with van der Waals surface area (Å²) in [5.41, 5.74) is 5.26. The number of nitrogens with one attached hydrogen (secondary N) is 1. The van der Waals surface area contributed by atoms with Gasteiger partial charge in [-0.15, -0.1) is 0 Å². The molecule has 96 valence electrons. The van der Waals surface area contributed by atoms with Gasteiger partial charge >= 0.3 is 12.3 Å². The van der Waals surface area contributed by atoms with Crippen molar-refractivity contribution in [2.75, 3.05) is 13.1 Å². The number of hydrogen-bond acceptors (Lipinski definition) is 2. The van der Waals surface area contributed by atoms with Crippen LogP contribution in [-0.4, -0.2) is 31.3 Å². The molecule has 1 unspecified atom stereocenters. The van der Waals surface area contributed by atoms with Gasteiger partial charge in [-0.1, -0.05) is 13.3 Å². The molecule has 0 radical (unpaired) electrons. The molecule has 0 saturated carbocycles. The van der Waals surface area contributed by atoms with Gasteiger partial charge in [0.1, 0.15) is 0 Å². The van der Waals surface area contributed by atoms with Crippen LogP contribution in [0, 0.1) is 5.92 Å². The molecule has 0 spiro atoms. The second kappa shape index (κ2) is 6.67. The van der Waals surface area contributed by atoms with Gasteiger partial charge in [-0.2, -0.15) is 8.78 Å². The molecule has 0 saturated heterocycles. The van der Waals surface area contributed by atoms with Gasteiger partial charge in [0.2, 0.25) is 5.91 Å². The number of halogens is 4. The molecule has 0 aliphatic carbocycles. The van der Waals surface area contributed by atoms with Crippen LogP contribution in [0.5, 0.6) is 0 Å². The van der Waals surface area contributed by atoms with Crippen LogP contribution in [0.25, 0.3) is 0 Å². The largest absolute Gasteiger partial charge is 0.350 e. The minimum Gasteiger partial charge on any atom is -0.350 e. The summed E-state index contributed by atoms with van der Waals surface area (Å²) in [6.07, 6.45) is -2.67. The second-order valence-electron chi connectivity index (χ2n) is 3.50. The lowest BCUT2D eigenvalue weighted by molar-refractivity contribution is -0.138. The van der Waals surface area contributed by atoms with Crippen LogP contribution in [0.2, 0.25) is 0 Å². The first-order chi connectivity index (χ1) is 7.35. The Labute approximate surface area is 91.4 Å². The van der Waals surface area contributed by atoms with Gasteiger partial charge in [0, 0.05) is 6.54 Å². The molecule has 3 N–H and O–H groups in total. The lowest BCUT2D eigenvalue weighted by Gasteiger charge is -2.18. The summed E-state index contributed by atoms with van der Waals surface area (Å²) in [5.74, 6) is -5.50. The maximum absolute atomic E-state index is 12.5. The third-order valence-electron chi connectivity index (χ3n) is 2.11. The highest BCUT2D eigenvalue weighted by Crippen LogP contribution is 2.21. The standard InChI is InChI=1S/C9H16F4N2O/c1-2-3-6(4-14)7(16)15-5-9(12,13)8(10)11/h6,8H,2-5,14H2,1H3,(H,15,16). The Morgan fingerprint density at radius 1 is 1.44 bits per heavy atom. The van der Waals surface area contributed by atoms with E-state index in [-0.39, 0.29) is 6.54 Å². The summed E-state index contributed by atoms with van der Waals surface area (Å²) >= 11 is 0. The van der Waals surface area contributed by atoms with E-state index in [1.807, 2.05) is 6.92 Å². The highest BCUT2D eigenvalue weighted by atomic mass is 19.3. The lowest BCUT2D eigenvalue weighted by atomic mass is 10.0. The highest BCUT2D eigenvalue weighted by molar-refractivity contribution is 5.78. The van der Waals surface area contributed by atoms with Gasteiger partial charge in [-0.05, 0) is 6.42 Å². The molecule has 0 rings (SSSR count). The van der Waals surface area contributed by atoms with Gasteiger partial charge < -0.3 is 11.1 Å². The van der Waals surface area contributed by atoms with Gasteiger partial charge in [0.05, 0.1) is 12.5 Å². The molecule has 1 atom stereocenters. The fourth-order valence-electron chi connectivity index (χ4n) is 1.13. The van der Waals surface area contributed by atoms with Crippen molar-refractivity contribution >= 4 is 5.91 Å². The molecule has 7 heteroatoms. The Morgan fingerprint density at radius 3 is 2.38 bits per heavy atom. The smallest absolute Gasteiger partial charge is 0.324 e. The molecule has 0 aromatic carbocycles. The molecule has 1 amide bonds. The average molecular weight is 244 g/mol. The average Bonchev–Trinajstić information content (AvgIpc) is 2.22. The van der Waals surface area contributed by atoms with E-state index >= 15 is 0 Å². The number of carbonyl (C=O) groups excluding carboxylic acids is 1. The van der Waals surface area contributed by atoms with Gasteiger partial charge in [-0.25, -0.2) is 8.78 Å². The number of rotatable bonds is 7. The van der Waals surface area contributed by atoms with E-state index in [2.05, 4.69) is 0 Å². The molecule has 0 aromatic heterocycles. The van der Waals surface area contributed by atoms with Crippen molar-refractivity contribution in [2.24, 2.45) is 11.7 Å².